The summed E-state index contributed by atoms with van der Waals surface area (Å²) in [6, 6.07) is 8.94. The molecule has 0 aliphatic rings. The maximum Gasteiger partial charge on any atom is 0.305 e. The number of anilines is 1. The van der Waals surface area contributed by atoms with Gasteiger partial charge in [-0.25, -0.2) is 9.37 Å². The molecule has 1 unspecified atom stereocenters. The summed E-state index contributed by atoms with van der Waals surface area (Å²) in [6.07, 6.45) is 0. The molecule has 0 fully saturated rings. The van der Waals surface area contributed by atoms with Crippen LogP contribution in [0.15, 0.2) is 30.3 Å². The molecular formula is C15H13FN4O2. The number of benzene rings is 1. The Morgan fingerprint density at radius 2 is 2.14 bits per heavy atom. The average molecular weight is 300 g/mol. The zero-order valence-electron chi connectivity index (χ0n) is 12.0. The first-order chi connectivity index (χ1) is 10.4. The van der Waals surface area contributed by atoms with Gasteiger partial charge in [-0.15, -0.1) is 0 Å². The summed E-state index contributed by atoms with van der Waals surface area (Å²) in [6.45, 7) is 3.48. The number of aromatic nitrogens is 1. The largest absolute Gasteiger partial charge is 0.364 e. The SMILES string of the molecule is Cc1ccc(C(C)Nc2ccc([N+](=O)[O-])c(C#N)n2)cc1F. The molecular weight excluding hydrogens is 287 g/mol. The first-order valence-corrected chi connectivity index (χ1v) is 6.50. The van der Waals surface area contributed by atoms with Crippen molar-refractivity contribution in [3.63, 3.8) is 0 Å². The van der Waals surface area contributed by atoms with E-state index in [2.05, 4.69) is 10.3 Å². The molecule has 0 aliphatic carbocycles. The Morgan fingerprint density at radius 1 is 1.41 bits per heavy atom. The van der Waals surface area contributed by atoms with Gasteiger partial charge in [0.25, 0.3) is 0 Å². The molecule has 112 valence electrons. The zero-order chi connectivity index (χ0) is 16.3. The lowest BCUT2D eigenvalue weighted by Crippen LogP contribution is -2.09. The van der Waals surface area contributed by atoms with Crippen LogP contribution >= 0.6 is 0 Å². The second kappa shape index (κ2) is 6.18. The summed E-state index contributed by atoms with van der Waals surface area (Å²) in [5, 5.41) is 22.7. The first kappa shape index (κ1) is 15.4. The van der Waals surface area contributed by atoms with Gasteiger partial charge in [-0.2, -0.15) is 5.26 Å². The number of rotatable bonds is 4. The normalized spacial score (nSPS) is 11.5. The van der Waals surface area contributed by atoms with Gasteiger partial charge in [0.2, 0.25) is 5.69 Å². The van der Waals surface area contributed by atoms with Gasteiger partial charge in [0.05, 0.1) is 11.0 Å². The van der Waals surface area contributed by atoms with E-state index in [-0.39, 0.29) is 23.2 Å². The molecule has 2 rings (SSSR count). The van der Waals surface area contributed by atoms with Crippen LogP contribution in [-0.4, -0.2) is 9.91 Å². The van der Waals surface area contributed by atoms with E-state index in [0.717, 1.165) is 0 Å². The van der Waals surface area contributed by atoms with E-state index in [1.807, 2.05) is 0 Å². The lowest BCUT2D eigenvalue weighted by atomic mass is 10.1. The summed E-state index contributed by atoms with van der Waals surface area (Å²) in [7, 11) is 0. The Morgan fingerprint density at radius 3 is 2.73 bits per heavy atom. The van der Waals surface area contributed by atoms with E-state index in [1.54, 1.807) is 32.0 Å². The third-order valence-electron chi connectivity index (χ3n) is 3.24. The van der Waals surface area contributed by atoms with Crippen LogP contribution in [0.2, 0.25) is 0 Å². The van der Waals surface area contributed by atoms with Crippen LogP contribution in [0.3, 0.4) is 0 Å². The predicted molar refractivity (Wildman–Crippen MR) is 78.8 cm³/mol. The van der Waals surface area contributed by atoms with E-state index < -0.39 is 4.92 Å². The molecule has 0 radical (unpaired) electrons. The third-order valence-corrected chi connectivity index (χ3v) is 3.24. The fourth-order valence-electron chi connectivity index (χ4n) is 1.95. The van der Waals surface area contributed by atoms with Gasteiger partial charge >= 0.3 is 5.69 Å². The van der Waals surface area contributed by atoms with Crippen molar-refractivity contribution in [3.8, 4) is 6.07 Å². The number of aryl methyl sites for hydroxylation is 1. The van der Waals surface area contributed by atoms with Crippen molar-refractivity contribution < 1.29 is 9.31 Å². The standard InChI is InChI=1S/C15H13FN4O2/c1-9-3-4-11(7-12(9)16)10(2)18-15-6-5-14(20(21)22)13(8-17)19-15/h3-7,10H,1-2H3,(H,18,19). The second-order valence-corrected chi connectivity index (χ2v) is 4.81. The highest BCUT2D eigenvalue weighted by Gasteiger charge is 2.16. The van der Waals surface area contributed by atoms with Crippen LogP contribution in [0, 0.1) is 34.2 Å². The molecule has 0 aliphatic heterocycles. The molecule has 2 aromatic rings. The molecule has 22 heavy (non-hydrogen) atoms. The molecule has 1 heterocycles. The van der Waals surface area contributed by atoms with Crippen molar-refractivity contribution >= 4 is 11.5 Å². The van der Waals surface area contributed by atoms with Gasteiger partial charge in [0, 0.05) is 6.07 Å². The van der Waals surface area contributed by atoms with E-state index >= 15 is 0 Å². The predicted octanol–water partition coefficient (Wildman–Crippen LogP) is 3.48. The minimum absolute atomic E-state index is 0.266. The maximum absolute atomic E-state index is 13.6. The highest BCUT2D eigenvalue weighted by atomic mass is 19.1. The van der Waals surface area contributed by atoms with E-state index in [1.165, 1.54) is 18.2 Å². The van der Waals surface area contributed by atoms with E-state index in [9.17, 15) is 14.5 Å². The fraction of sp³-hybridized carbons (Fsp3) is 0.200. The number of nitriles is 1. The number of hydrogen-bond donors (Lipinski definition) is 1. The second-order valence-electron chi connectivity index (χ2n) is 4.81. The van der Waals surface area contributed by atoms with Gasteiger partial charge < -0.3 is 5.32 Å². The molecule has 1 aromatic heterocycles. The molecule has 1 aromatic carbocycles. The fourth-order valence-corrected chi connectivity index (χ4v) is 1.95. The molecule has 0 amide bonds. The van der Waals surface area contributed by atoms with Crippen LogP contribution in [0.1, 0.15) is 29.8 Å². The minimum Gasteiger partial charge on any atom is -0.364 e. The number of hydrogen-bond acceptors (Lipinski definition) is 5. The average Bonchev–Trinajstić information content (AvgIpc) is 2.49. The molecule has 7 heteroatoms. The zero-order valence-corrected chi connectivity index (χ0v) is 12.0. The lowest BCUT2D eigenvalue weighted by Gasteiger charge is -2.15. The van der Waals surface area contributed by atoms with Gasteiger partial charge in [-0.05, 0) is 37.1 Å². The number of nitrogens with one attached hydrogen (secondary N) is 1. The van der Waals surface area contributed by atoms with Crippen molar-refractivity contribution in [2.24, 2.45) is 0 Å². The Labute approximate surface area is 126 Å². The molecule has 1 atom stereocenters. The van der Waals surface area contributed by atoms with Crippen LogP contribution < -0.4 is 5.32 Å². The molecule has 0 saturated carbocycles. The van der Waals surface area contributed by atoms with E-state index in [4.69, 9.17) is 5.26 Å². The van der Waals surface area contributed by atoms with Crippen molar-refractivity contribution in [1.29, 1.82) is 5.26 Å². The van der Waals surface area contributed by atoms with Crippen LogP contribution in [0.25, 0.3) is 0 Å². The molecule has 0 bridgehead atoms. The summed E-state index contributed by atoms with van der Waals surface area (Å²) in [5.74, 6) is 0.0103. The van der Waals surface area contributed by atoms with Crippen molar-refractivity contribution in [3.05, 3.63) is 63.1 Å². The first-order valence-electron chi connectivity index (χ1n) is 6.50. The summed E-state index contributed by atoms with van der Waals surface area (Å²) < 4.78 is 13.6. The number of nitrogens with zero attached hydrogens (tertiary/aromatic N) is 3. The van der Waals surface area contributed by atoms with Gasteiger partial charge in [0.1, 0.15) is 17.7 Å². The van der Waals surface area contributed by atoms with Crippen LogP contribution in [0.4, 0.5) is 15.9 Å². The summed E-state index contributed by atoms with van der Waals surface area (Å²) in [4.78, 5) is 14.0. The monoisotopic (exact) mass is 300 g/mol. The quantitative estimate of drug-likeness (QED) is 0.689. The lowest BCUT2D eigenvalue weighted by molar-refractivity contribution is -0.385. The van der Waals surface area contributed by atoms with Gasteiger partial charge in [-0.1, -0.05) is 12.1 Å². The van der Waals surface area contributed by atoms with E-state index in [0.29, 0.717) is 16.9 Å². The molecule has 0 spiro atoms. The smallest absolute Gasteiger partial charge is 0.305 e. The van der Waals surface area contributed by atoms with Gasteiger partial charge in [-0.3, -0.25) is 10.1 Å². The van der Waals surface area contributed by atoms with Gasteiger partial charge in [0.15, 0.2) is 0 Å². The summed E-state index contributed by atoms with van der Waals surface area (Å²) >= 11 is 0. The number of pyridine rings is 1. The highest BCUT2D eigenvalue weighted by molar-refractivity contribution is 5.51. The van der Waals surface area contributed by atoms with Crippen LogP contribution in [0.5, 0.6) is 0 Å². The third kappa shape index (κ3) is 3.17. The van der Waals surface area contributed by atoms with Crippen LogP contribution in [-0.2, 0) is 0 Å². The topological polar surface area (TPSA) is 91.9 Å². The Kier molecular flexibility index (Phi) is 4.32. The molecule has 1 N–H and O–H groups in total. The van der Waals surface area contributed by atoms with Crippen molar-refractivity contribution in [2.45, 2.75) is 19.9 Å². The minimum atomic E-state index is -0.659. The number of nitro groups is 1. The highest BCUT2D eigenvalue weighted by Crippen LogP contribution is 2.23. The molecule has 6 nitrogen and oxygen atoms in total. The Balaban J connectivity index is 2.25. The molecule has 0 saturated heterocycles. The Bertz CT molecular complexity index is 771. The Hall–Kier alpha value is -3.01. The number of halogens is 1. The summed E-state index contributed by atoms with van der Waals surface area (Å²) in [5.41, 5.74) is 0.650. The van der Waals surface area contributed by atoms with Crippen molar-refractivity contribution in [2.75, 3.05) is 5.32 Å². The van der Waals surface area contributed by atoms with Crippen molar-refractivity contribution in [1.82, 2.24) is 4.98 Å². The maximum atomic E-state index is 13.6.